The maximum Gasteiger partial charge on any atom is 0.275 e. The molecule has 0 fully saturated rings. The lowest BCUT2D eigenvalue weighted by Crippen LogP contribution is -2.25. The molecule has 0 saturated heterocycles. The standard InChI is InChI=1S/C12H14N2O3/c1-16-7-8-17-14-12(15)10-3-2-4-11-9(10)5-6-13-11/h2-6,13H,7-8H2,1H3,(H,14,15). The van der Waals surface area contributed by atoms with Crippen LogP contribution in [0.2, 0.25) is 0 Å². The van der Waals surface area contributed by atoms with Gasteiger partial charge in [0.05, 0.1) is 18.8 Å². The van der Waals surface area contributed by atoms with Gasteiger partial charge in [0, 0.05) is 24.2 Å². The van der Waals surface area contributed by atoms with Crippen LogP contribution in [0.5, 0.6) is 0 Å². The molecular weight excluding hydrogens is 220 g/mol. The van der Waals surface area contributed by atoms with Gasteiger partial charge in [0.25, 0.3) is 5.91 Å². The van der Waals surface area contributed by atoms with E-state index in [1.54, 1.807) is 19.4 Å². The molecule has 1 aromatic carbocycles. The number of rotatable bonds is 5. The first-order chi connectivity index (χ1) is 8.33. The Morgan fingerprint density at radius 2 is 2.24 bits per heavy atom. The number of fused-ring (bicyclic) bond motifs is 1. The van der Waals surface area contributed by atoms with Crippen LogP contribution in [0, 0.1) is 0 Å². The Bertz CT molecular complexity index is 507. The van der Waals surface area contributed by atoms with Gasteiger partial charge in [0.2, 0.25) is 0 Å². The third-order valence-corrected chi connectivity index (χ3v) is 2.39. The van der Waals surface area contributed by atoms with Gasteiger partial charge in [-0.3, -0.25) is 9.63 Å². The Kier molecular flexibility index (Phi) is 3.74. The number of methoxy groups -OCH3 is 1. The monoisotopic (exact) mass is 234 g/mol. The molecule has 0 aliphatic carbocycles. The zero-order chi connectivity index (χ0) is 12.1. The van der Waals surface area contributed by atoms with Crippen molar-refractivity contribution in [2.24, 2.45) is 0 Å². The van der Waals surface area contributed by atoms with Crippen molar-refractivity contribution >= 4 is 16.8 Å². The van der Waals surface area contributed by atoms with E-state index in [-0.39, 0.29) is 5.91 Å². The van der Waals surface area contributed by atoms with Crippen molar-refractivity contribution in [1.82, 2.24) is 10.5 Å². The largest absolute Gasteiger partial charge is 0.382 e. The van der Waals surface area contributed by atoms with Crippen molar-refractivity contribution in [1.29, 1.82) is 0 Å². The third kappa shape index (κ3) is 2.64. The fourth-order valence-electron chi connectivity index (χ4n) is 1.58. The van der Waals surface area contributed by atoms with E-state index in [4.69, 9.17) is 9.57 Å². The number of hydrogen-bond donors (Lipinski definition) is 2. The molecule has 5 heteroatoms. The van der Waals surface area contributed by atoms with Gasteiger partial charge in [0.15, 0.2) is 0 Å². The number of benzene rings is 1. The summed E-state index contributed by atoms with van der Waals surface area (Å²) in [6.45, 7) is 0.764. The second kappa shape index (κ2) is 5.47. The molecule has 5 nitrogen and oxygen atoms in total. The first-order valence-electron chi connectivity index (χ1n) is 5.30. The SMILES string of the molecule is COCCONC(=O)c1cccc2[nH]ccc12. The highest BCUT2D eigenvalue weighted by molar-refractivity contribution is 6.05. The van der Waals surface area contributed by atoms with E-state index in [9.17, 15) is 4.79 Å². The molecule has 0 aliphatic rings. The molecule has 2 rings (SSSR count). The lowest BCUT2D eigenvalue weighted by molar-refractivity contribution is 0.00899. The van der Waals surface area contributed by atoms with Crippen LogP contribution < -0.4 is 5.48 Å². The number of ether oxygens (including phenoxy) is 1. The smallest absolute Gasteiger partial charge is 0.275 e. The molecule has 1 aromatic heterocycles. The first kappa shape index (κ1) is 11.6. The summed E-state index contributed by atoms with van der Waals surface area (Å²) in [5.74, 6) is -0.258. The summed E-state index contributed by atoms with van der Waals surface area (Å²) >= 11 is 0. The highest BCUT2D eigenvalue weighted by Gasteiger charge is 2.09. The van der Waals surface area contributed by atoms with Crippen LogP contribution in [-0.2, 0) is 9.57 Å². The van der Waals surface area contributed by atoms with Crippen LogP contribution in [0.3, 0.4) is 0 Å². The quantitative estimate of drug-likeness (QED) is 0.608. The highest BCUT2D eigenvalue weighted by atomic mass is 16.7. The molecule has 0 atom stereocenters. The Hall–Kier alpha value is -1.85. The van der Waals surface area contributed by atoms with Crippen molar-refractivity contribution < 1.29 is 14.4 Å². The Labute approximate surface area is 98.7 Å². The minimum atomic E-state index is -0.258. The van der Waals surface area contributed by atoms with Crippen molar-refractivity contribution in [3.63, 3.8) is 0 Å². The van der Waals surface area contributed by atoms with Crippen LogP contribution in [0.25, 0.3) is 10.9 Å². The summed E-state index contributed by atoms with van der Waals surface area (Å²) in [5, 5.41) is 0.875. The van der Waals surface area contributed by atoms with E-state index < -0.39 is 0 Å². The van der Waals surface area contributed by atoms with Crippen LogP contribution in [0.4, 0.5) is 0 Å². The summed E-state index contributed by atoms with van der Waals surface area (Å²) in [6.07, 6.45) is 1.80. The summed E-state index contributed by atoms with van der Waals surface area (Å²) in [5.41, 5.74) is 3.89. The number of aromatic nitrogens is 1. The molecule has 90 valence electrons. The van der Waals surface area contributed by atoms with E-state index in [1.807, 2.05) is 18.2 Å². The molecule has 0 aliphatic heterocycles. The Balaban J connectivity index is 2.06. The van der Waals surface area contributed by atoms with Crippen molar-refractivity contribution in [3.05, 3.63) is 36.0 Å². The maximum atomic E-state index is 11.8. The van der Waals surface area contributed by atoms with Crippen LogP contribution in [-0.4, -0.2) is 31.2 Å². The van der Waals surface area contributed by atoms with Crippen molar-refractivity contribution in [2.45, 2.75) is 0 Å². The van der Waals surface area contributed by atoms with Crippen LogP contribution >= 0.6 is 0 Å². The molecule has 0 bridgehead atoms. The van der Waals surface area contributed by atoms with Gasteiger partial charge in [-0.15, -0.1) is 0 Å². The number of amides is 1. The zero-order valence-electron chi connectivity index (χ0n) is 9.53. The molecule has 0 radical (unpaired) electrons. The number of hydrogen-bond acceptors (Lipinski definition) is 3. The van der Waals surface area contributed by atoms with E-state index in [0.29, 0.717) is 18.8 Å². The first-order valence-corrected chi connectivity index (χ1v) is 5.30. The van der Waals surface area contributed by atoms with Crippen LogP contribution in [0.15, 0.2) is 30.5 Å². The van der Waals surface area contributed by atoms with E-state index in [2.05, 4.69) is 10.5 Å². The predicted molar refractivity (Wildman–Crippen MR) is 63.6 cm³/mol. The van der Waals surface area contributed by atoms with Gasteiger partial charge < -0.3 is 9.72 Å². The third-order valence-electron chi connectivity index (χ3n) is 2.39. The van der Waals surface area contributed by atoms with Gasteiger partial charge in [0.1, 0.15) is 0 Å². The summed E-state index contributed by atoms with van der Waals surface area (Å²) < 4.78 is 4.81. The summed E-state index contributed by atoms with van der Waals surface area (Å²) in [4.78, 5) is 19.9. The van der Waals surface area contributed by atoms with Gasteiger partial charge in [-0.1, -0.05) is 6.07 Å². The zero-order valence-corrected chi connectivity index (χ0v) is 9.53. The second-order valence-electron chi connectivity index (χ2n) is 3.52. The number of carbonyl (C=O) groups excluding carboxylic acids is 1. The number of aromatic amines is 1. The highest BCUT2D eigenvalue weighted by Crippen LogP contribution is 2.16. The Morgan fingerprint density at radius 1 is 1.35 bits per heavy atom. The van der Waals surface area contributed by atoms with Crippen molar-refractivity contribution in [2.75, 3.05) is 20.3 Å². The predicted octanol–water partition coefficient (Wildman–Crippen LogP) is 1.48. The molecule has 0 unspecified atom stereocenters. The van der Waals surface area contributed by atoms with E-state index in [0.717, 1.165) is 10.9 Å². The minimum absolute atomic E-state index is 0.258. The molecule has 2 aromatic rings. The Morgan fingerprint density at radius 3 is 3.06 bits per heavy atom. The normalized spacial score (nSPS) is 10.6. The number of hydroxylamine groups is 1. The van der Waals surface area contributed by atoms with E-state index in [1.165, 1.54) is 0 Å². The lowest BCUT2D eigenvalue weighted by Gasteiger charge is -2.06. The fourth-order valence-corrected chi connectivity index (χ4v) is 1.58. The summed E-state index contributed by atoms with van der Waals surface area (Å²) in [7, 11) is 1.58. The molecule has 1 heterocycles. The minimum Gasteiger partial charge on any atom is -0.382 e. The van der Waals surface area contributed by atoms with Gasteiger partial charge in [-0.25, -0.2) is 5.48 Å². The topological polar surface area (TPSA) is 63.4 Å². The number of H-pyrrole nitrogens is 1. The molecule has 0 spiro atoms. The number of nitrogens with one attached hydrogen (secondary N) is 2. The second-order valence-corrected chi connectivity index (χ2v) is 3.52. The summed E-state index contributed by atoms with van der Waals surface area (Å²) in [6, 6.07) is 7.35. The van der Waals surface area contributed by atoms with Crippen molar-refractivity contribution in [3.8, 4) is 0 Å². The maximum absolute atomic E-state index is 11.8. The molecule has 2 N–H and O–H groups in total. The van der Waals surface area contributed by atoms with Gasteiger partial charge in [-0.2, -0.15) is 0 Å². The molecule has 1 amide bonds. The van der Waals surface area contributed by atoms with Gasteiger partial charge in [-0.05, 0) is 18.2 Å². The molecule has 0 saturated carbocycles. The molecular formula is C12H14N2O3. The van der Waals surface area contributed by atoms with Crippen LogP contribution in [0.1, 0.15) is 10.4 Å². The number of carbonyl (C=O) groups is 1. The fraction of sp³-hybridized carbons (Fsp3) is 0.250. The average molecular weight is 234 g/mol. The van der Waals surface area contributed by atoms with Gasteiger partial charge >= 0.3 is 0 Å². The average Bonchev–Trinajstić information content (AvgIpc) is 2.82. The van der Waals surface area contributed by atoms with E-state index >= 15 is 0 Å². The molecule has 17 heavy (non-hydrogen) atoms. The lowest BCUT2D eigenvalue weighted by atomic mass is 10.1.